The molecule has 0 aliphatic rings. The molecule has 0 atom stereocenters. The van der Waals surface area contributed by atoms with Gasteiger partial charge in [-0.25, -0.2) is 4.79 Å². The first kappa shape index (κ1) is 17.1. The maximum atomic E-state index is 12.4. The molecule has 2 rings (SSSR count). The first-order chi connectivity index (χ1) is 10.9. The molecule has 0 spiro atoms. The van der Waals surface area contributed by atoms with Crippen LogP contribution in [-0.2, 0) is 18.4 Å². The Morgan fingerprint density at radius 1 is 1.22 bits per heavy atom. The summed E-state index contributed by atoms with van der Waals surface area (Å²) in [6.45, 7) is 8.16. The normalized spacial score (nSPS) is 11.1. The molecule has 0 bridgehead atoms. The van der Waals surface area contributed by atoms with Gasteiger partial charge in [0.15, 0.2) is 0 Å². The summed E-state index contributed by atoms with van der Waals surface area (Å²) in [6.07, 6.45) is 1.66. The zero-order valence-corrected chi connectivity index (χ0v) is 14.4. The van der Waals surface area contributed by atoms with Gasteiger partial charge in [-0.1, -0.05) is 26.0 Å². The Balaban J connectivity index is 2.31. The SMILES string of the molecule is CC(C)OC(=O)c1cccc(C(C)C)c1COc1ccn(C)n1. The van der Waals surface area contributed by atoms with Crippen LogP contribution < -0.4 is 4.74 Å². The maximum Gasteiger partial charge on any atom is 0.338 e. The highest BCUT2D eigenvalue weighted by Gasteiger charge is 2.19. The van der Waals surface area contributed by atoms with Gasteiger partial charge in [0.2, 0.25) is 5.88 Å². The summed E-state index contributed by atoms with van der Waals surface area (Å²) in [6, 6.07) is 7.49. The van der Waals surface area contributed by atoms with Crippen LogP contribution in [0.3, 0.4) is 0 Å². The van der Waals surface area contributed by atoms with Crippen molar-refractivity contribution >= 4 is 5.97 Å². The Labute approximate surface area is 137 Å². The van der Waals surface area contributed by atoms with Crippen LogP contribution in [0.15, 0.2) is 30.5 Å². The molecule has 1 heterocycles. The second kappa shape index (κ2) is 7.31. The fraction of sp³-hybridized carbons (Fsp3) is 0.444. The summed E-state index contributed by atoms with van der Waals surface area (Å²) < 4.78 is 12.8. The Kier molecular flexibility index (Phi) is 5.42. The largest absolute Gasteiger partial charge is 0.472 e. The minimum atomic E-state index is -0.317. The van der Waals surface area contributed by atoms with Crippen molar-refractivity contribution in [3.8, 4) is 5.88 Å². The molecule has 1 aromatic heterocycles. The number of carbonyl (C=O) groups is 1. The second-order valence-corrected chi connectivity index (χ2v) is 6.10. The van der Waals surface area contributed by atoms with Crippen LogP contribution in [0.25, 0.3) is 0 Å². The van der Waals surface area contributed by atoms with Gasteiger partial charge in [-0.2, -0.15) is 0 Å². The number of rotatable bonds is 6. The number of benzene rings is 1. The quantitative estimate of drug-likeness (QED) is 0.763. The summed E-state index contributed by atoms with van der Waals surface area (Å²) in [5, 5.41) is 4.20. The van der Waals surface area contributed by atoms with E-state index < -0.39 is 0 Å². The summed E-state index contributed by atoms with van der Waals surface area (Å²) in [4.78, 5) is 12.4. The zero-order valence-electron chi connectivity index (χ0n) is 14.4. The Bertz CT molecular complexity index is 675. The van der Waals surface area contributed by atoms with Crippen molar-refractivity contribution in [1.29, 1.82) is 0 Å². The Hall–Kier alpha value is -2.30. The second-order valence-electron chi connectivity index (χ2n) is 6.10. The van der Waals surface area contributed by atoms with Crippen molar-refractivity contribution in [2.45, 2.75) is 46.3 Å². The lowest BCUT2D eigenvalue weighted by molar-refractivity contribution is 0.0374. The lowest BCUT2D eigenvalue weighted by atomic mass is 9.93. The molecular weight excluding hydrogens is 292 g/mol. The van der Waals surface area contributed by atoms with Crippen LogP contribution in [-0.4, -0.2) is 21.9 Å². The molecule has 0 fully saturated rings. The molecule has 0 aliphatic heterocycles. The maximum absolute atomic E-state index is 12.4. The first-order valence-electron chi connectivity index (χ1n) is 7.83. The topological polar surface area (TPSA) is 53.4 Å². The number of aromatic nitrogens is 2. The van der Waals surface area contributed by atoms with E-state index in [0.29, 0.717) is 11.4 Å². The van der Waals surface area contributed by atoms with E-state index in [1.54, 1.807) is 16.8 Å². The number of hydrogen-bond donors (Lipinski definition) is 0. The fourth-order valence-electron chi connectivity index (χ4n) is 2.39. The van der Waals surface area contributed by atoms with E-state index in [1.807, 2.05) is 39.2 Å². The third-order valence-corrected chi connectivity index (χ3v) is 3.45. The molecule has 0 saturated carbocycles. The van der Waals surface area contributed by atoms with Crippen molar-refractivity contribution in [3.05, 3.63) is 47.2 Å². The van der Waals surface area contributed by atoms with Gasteiger partial charge in [0, 0.05) is 24.9 Å². The summed E-state index contributed by atoms with van der Waals surface area (Å²) in [5.41, 5.74) is 2.50. The lowest BCUT2D eigenvalue weighted by Gasteiger charge is -2.17. The zero-order chi connectivity index (χ0) is 17.0. The van der Waals surface area contributed by atoms with E-state index in [-0.39, 0.29) is 24.6 Å². The molecule has 0 saturated heterocycles. The average Bonchev–Trinajstić information content (AvgIpc) is 2.89. The standard InChI is InChI=1S/C18H24N2O3/c1-12(2)14-7-6-8-15(18(21)23-13(3)4)16(14)11-22-17-9-10-20(5)19-17/h6-10,12-13H,11H2,1-5H3. The van der Waals surface area contributed by atoms with Gasteiger partial charge < -0.3 is 9.47 Å². The van der Waals surface area contributed by atoms with Crippen molar-refractivity contribution in [2.75, 3.05) is 0 Å². The number of esters is 1. The highest BCUT2D eigenvalue weighted by Crippen LogP contribution is 2.25. The fourth-order valence-corrected chi connectivity index (χ4v) is 2.39. The third kappa shape index (κ3) is 4.34. The minimum absolute atomic E-state index is 0.158. The van der Waals surface area contributed by atoms with Crippen LogP contribution in [0.5, 0.6) is 5.88 Å². The molecule has 1 aromatic carbocycles. The highest BCUT2D eigenvalue weighted by atomic mass is 16.5. The van der Waals surface area contributed by atoms with E-state index in [0.717, 1.165) is 11.1 Å². The predicted molar refractivity (Wildman–Crippen MR) is 88.6 cm³/mol. The summed E-state index contributed by atoms with van der Waals surface area (Å²) >= 11 is 0. The first-order valence-corrected chi connectivity index (χ1v) is 7.83. The number of aryl methyl sites for hydroxylation is 1. The van der Waals surface area contributed by atoms with Gasteiger partial charge in [0.05, 0.1) is 11.7 Å². The van der Waals surface area contributed by atoms with E-state index in [1.165, 1.54) is 0 Å². The molecule has 5 heteroatoms. The van der Waals surface area contributed by atoms with Crippen LogP contribution >= 0.6 is 0 Å². The molecule has 2 aromatic rings. The summed E-state index contributed by atoms with van der Waals surface area (Å²) in [5.74, 6) is 0.500. The van der Waals surface area contributed by atoms with Gasteiger partial charge in [-0.15, -0.1) is 5.10 Å². The van der Waals surface area contributed by atoms with Crippen molar-refractivity contribution in [2.24, 2.45) is 7.05 Å². The molecular formula is C18H24N2O3. The molecule has 0 amide bonds. The molecule has 0 unspecified atom stereocenters. The van der Waals surface area contributed by atoms with E-state index in [2.05, 4.69) is 18.9 Å². The number of hydrogen-bond acceptors (Lipinski definition) is 4. The molecule has 0 aliphatic carbocycles. The van der Waals surface area contributed by atoms with E-state index >= 15 is 0 Å². The number of ether oxygens (including phenoxy) is 2. The number of carbonyl (C=O) groups excluding carboxylic acids is 1. The smallest absolute Gasteiger partial charge is 0.338 e. The van der Waals surface area contributed by atoms with Gasteiger partial charge in [-0.05, 0) is 31.4 Å². The van der Waals surface area contributed by atoms with Crippen LogP contribution in [0.1, 0.15) is 55.1 Å². The van der Waals surface area contributed by atoms with Gasteiger partial charge in [-0.3, -0.25) is 4.68 Å². The molecule has 5 nitrogen and oxygen atoms in total. The lowest BCUT2D eigenvalue weighted by Crippen LogP contribution is -2.16. The van der Waals surface area contributed by atoms with Crippen molar-refractivity contribution < 1.29 is 14.3 Å². The summed E-state index contributed by atoms with van der Waals surface area (Å²) in [7, 11) is 1.83. The molecule has 0 radical (unpaired) electrons. The Morgan fingerprint density at radius 3 is 2.52 bits per heavy atom. The van der Waals surface area contributed by atoms with Gasteiger partial charge in [0.25, 0.3) is 0 Å². The van der Waals surface area contributed by atoms with Crippen LogP contribution in [0.2, 0.25) is 0 Å². The van der Waals surface area contributed by atoms with Crippen LogP contribution in [0.4, 0.5) is 0 Å². The average molecular weight is 316 g/mol. The van der Waals surface area contributed by atoms with Crippen molar-refractivity contribution in [3.63, 3.8) is 0 Å². The highest BCUT2D eigenvalue weighted by molar-refractivity contribution is 5.91. The van der Waals surface area contributed by atoms with Crippen LogP contribution in [0, 0.1) is 0 Å². The predicted octanol–water partition coefficient (Wildman–Crippen LogP) is 3.69. The number of nitrogens with zero attached hydrogens (tertiary/aromatic N) is 2. The monoisotopic (exact) mass is 316 g/mol. The van der Waals surface area contributed by atoms with E-state index in [9.17, 15) is 4.79 Å². The molecule has 124 valence electrons. The van der Waals surface area contributed by atoms with Gasteiger partial charge >= 0.3 is 5.97 Å². The van der Waals surface area contributed by atoms with Crippen molar-refractivity contribution in [1.82, 2.24) is 9.78 Å². The van der Waals surface area contributed by atoms with Gasteiger partial charge in [0.1, 0.15) is 6.61 Å². The third-order valence-electron chi connectivity index (χ3n) is 3.45. The molecule has 0 N–H and O–H groups in total. The minimum Gasteiger partial charge on any atom is -0.472 e. The van der Waals surface area contributed by atoms with E-state index in [4.69, 9.17) is 9.47 Å². The Morgan fingerprint density at radius 2 is 1.96 bits per heavy atom. The molecule has 23 heavy (non-hydrogen) atoms.